The van der Waals surface area contributed by atoms with Gasteiger partial charge in [-0.1, -0.05) is 23.7 Å². The molecule has 5 heteroatoms. The Morgan fingerprint density at radius 1 is 0.842 bits per heavy atom. The van der Waals surface area contributed by atoms with Gasteiger partial charge in [0.2, 0.25) is 0 Å². The zero-order valence-corrected chi connectivity index (χ0v) is 11.6. The highest BCUT2D eigenvalue weighted by Gasteiger charge is 1.88. The Kier molecular flexibility index (Phi) is 4.96. The first-order valence-electron chi connectivity index (χ1n) is 5.54. The van der Waals surface area contributed by atoms with Crippen LogP contribution in [0.15, 0.2) is 60.9 Å². The summed E-state index contributed by atoms with van der Waals surface area (Å²) in [4.78, 5) is 8.24. The lowest BCUT2D eigenvalue weighted by molar-refractivity contribution is 0.603. The molecule has 3 nitrogen and oxygen atoms in total. The molecule has 19 heavy (non-hydrogen) atoms. The molecular weight excluding hydrogens is 279 g/mol. The zero-order chi connectivity index (χ0) is 13.5. The molecule has 0 atom stereocenters. The molecule has 0 fully saturated rings. The summed E-state index contributed by atoms with van der Waals surface area (Å²) >= 11 is 5.56. The van der Waals surface area contributed by atoms with Crippen molar-refractivity contribution in [2.75, 3.05) is 0 Å². The predicted octanol–water partition coefficient (Wildman–Crippen LogP) is 3.89. The zero-order valence-electron chi connectivity index (χ0n) is 9.90. The second-order valence-electron chi connectivity index (χ2n) is 3.61. The van der Waals surface area contributed by atoms with Crippen molar-refractivity contribution in [3.8, 4) is 0 Å². The van der Waals surface area contributed by atoms with Crippen LogP contribution >= 0.6 is 20.1 Å². The predicted molar refractivity (Wildman–Crippen MR) is 78.2 cm³/mol. The highest BCUT2D eigenvalue weighted by molar-refractivity contribution is 7.34. The number of halogens is 1. The smallest absolute Gasteiger partial charge is 0.192 e. The molecule has 0 bridgehead atoms. The van der Waals surface area contributed by atoms with E-state index in [1.807, 2.05) is 24.3 Å². The van der Waals surface area contributed by atoms with E-state index in [0.717, 1.165) is 16.3 Å². The lowest BCUT2D eigenvalue weighted by Gasteiger charge is -1.90. The molecule has 0 aliphatic heterocycles. The van der Waals surface area contributed by atoms with Crippen LogP contribution in [0.2, 0.25) is 5.02 Å². The summed E-state index contributed by atoms with van der Waals surface area (Å²) in [5.41, 5.74) is 1.90. The summed E-state index contributed by atoms with van der Waals surface area (Å²) in [6.45, 7) is 0. The van der Waals surface area contributed by atoms with Gasteiger partial charge in [0.05, 0.1) is 11.0 Å². The molecule has 0 N–H and O–H groups in total. The van der Waals surface area contributed by atoms with E-state index in [-0.39, 0.29) is 8.46 Å². The number of fused-ring (bicyclic) bond motifs is 1. The molecule has 0 unspecified atom stereocenters. The Morgan fingerprint density at radius 2 is 1.37 bits per heavy atom. The van der Waals surface area contributed by atoms with Crippen LogP contribution in [-0.2, 0) is 4.57 Å². The summed E-state index contributed by atoms with van der Waals surface area (Å²) < 4.78 is 10.2. The van der Waals surface area contributed by atoms with Crippen LogP contribution in [0.4, 0.5) is 0 Å². The first-order valence-corrected chi connectivity index (χ1v) is 6.73. The Labute approximate surface area is 117 Å². The van der Waals surface area contributed by atoms with E-state index in [2.05, 4.69) is 9.97 Å². The van der Waals surface area contributed by atoms with Crippen molar-refractivity contribution in [2.24, 2.45) is 0 Å². The van der Waals surface area contributed by atoms with E-state index in [9.17, 15) is 4.57 Å². The Bertz CT molecular complexity index is 608. The summed E-state index contributed by atoms with van der Waals surface area (Å²) in [7, 11) is 0.0433. The third-order valence-electron chi connectivity index (χ3n) is 2.31. The van der Waals surface area contributed by atoms with E-state index in [4.69, 9.17) is 11.6 Å². The van der Waals surface area contributed by atoms with Crippen molar-refractivity contribution in [3.05, 3.63) is 65.9 Å². The molecule has 1 heterocycles. The normalized spacial score (nSPS) is 9.95. The van der Waals surface area contributed by atoms with Gasteiger partial charge >= 0.3 is 0 Å². The largest absolute Gasteiger partial charge is 0.269 e. The number of aromatic nitrogens is 2. The molecule has 0 aliphatic rings. The molecule has 3 aromatic rings. The fourth-order valence-electron chi connectivity index (χ4n) is 1.41. The van der Waals surface area contributed by atoms with Crippen LogP contribution in [0.5, 0.6) is 0 Å². The fraction of sp³-hybridized carbons (Fsp3) is 0. The minimum Gasteiger partial charge on any atom is -0.269 e. The SMILES string of the molecule is O=Pc1ccc(Cl)cc1.c1ccc2nccnc2c1. The number of hydrogen-bond donors (Lipinski definition) is 0. The monoisotopic (exact) mass is 288 g/mol. The molecule has 94 valence electrons. The van der Waals surface area contributed by atoms with E-state index < -0.39 is 0 Å². The standard InChI is InChI=1S/C8H6N2.C6H4ClOP/c1-2-4-8-7(3-1)9-5-6-10-8;7-5-1-3-6(9-8)4-2-5/h1-6H;1-4H. The van der Waals surface area contributed by atoms with Crippen LogP contribution in [-0.4, -0.2) is 9.97 Å². The highest BCUT2D eigenvalue weighted by atomic mass is 35.5. The maximum absolute atomic E-state index is 10.2. The average molecular weight is 289 g/mol. The van der Waals surface area contributed by atoms with Crippen molar-refractivity contribution >= 4 is 36.4 Å². The van der Waals surface area contributed by atoms with Crippen LogP contribution in [0.3, 0.4) is 0 Å². The molecule has 3 rings (SSSR count). The van der Waals surface area contributed by atoms with Gasteiger partial charge in [-0.2, -0.15) is 0 Å². The summed E-state index contributed by atoms with van der Waals surface area (Å²) in [6.07, 6.45) is 3.39. The van der Waals surface area contributed by atoms with Crippen LogP contribution in [0, 0.1) is 0 Å². The molecule has 0 saturated heterocycles. The first kappa shape index (κ1) is 13.6. The third kappa shape index (κ3) is 4.09. The minimum atomic E-state index is 0.0433. The van der Waals surface area contributed by atoms with Crippen molar-refractivity contribution in [2.45, 2.75) is 0 Å². The molecule has 1 aromatic heterocycles. The number of nitrogens with zero attached hydrogens (tertiary/aromatic N) is 2. The maximum Gasteiger partial charge on any atom is 0.192 e. The van der Waals surface area contributed by atoms with Gasteiger partial charge in [-0.15, -0.1) is 0 Å². The molecule has 0 saturated carbocycles. The first-order chi connectivity index (χ1) is 9.29. The number of rotatable bonds is 1. The van der Waals surface area contributed by atoms with Gasteiger partial charge in [-0.25, -0.2) is 0 Å². The summed E-state index contributed by atoms with van der Waals surface area (Å²) in [5, 5.41) is 1.42. The number of hydrogen-bond acceptors (Lipinski definition) is 3. The summed E-state index contributed by atoms with van der Waals surface area (Å²) in [6, 6.07) is 14.7. The van der Waals surface area contributed by atoms with Gasteiger partial charge in [-0.05, 0) is 36.4 Å². The molecule has 0 amide bonds. The van der Waals surface area contributed by atoms with Crippen molar-refractivity contribution in [3.63, 3.8) is 0 Å². The fourth-order valence-corrected chi connectivity index (χ4v) is 1.81. The molecule has 0 spiro atoms. The number of para-hydroxylation sites is 2. The second kappa shape index (κ2) is 6.93. The van der Waals surface area contributed by atoms with Gasteiger partial charge in [0.1, 0.15) is 0 Å². The van der Waals surface area contributed by atoms with Crippen LogP contribution in [0.1, 0.15) is 0 Å². The van der Waals surface area contributed by atoms with Crippen molar-refractivity contribution < 1.29 is 4.57 Å². The van der Waals surface area contributed by atoms with Gasteiger partial charge < -0.3 is 0 Å². The lowest BCUT2D eigenvalue weighted by Crippen LogP contribution is -1.86. The van der Waals surface area contributed by atoms with Crippen LogP contribution < -0.4 is 5.30 Å². The quantitative estimate of drug-likeness (QED) is 0.638. The van der Waals surface area contributed by atoms with Gasteiger partial charge in [0.15, 0.2) is 8.46 Å². The molecular formula is C14H10ClN2OP. The van der Waals surface area contributed by atoms with E-state index in [0.29, 0.717) is 5.02 Å². The van der Waals surface area contributed by atoms with Gasteiger partial charge in [0.25, 0.3) is 0 Å². The second-order valence-corrected chi connectivity index (χ2v) is 4.75. The molecule has 0 radical (unpaired) electrons. The van der Waals surface area contributed by atoms with E-state index in [1.54, 1.807) is 36.7 Å². The molecule has 2 aromatic carbocycles. The topological polar surface area (TPSA) is 42.9 Å². The maximum atomic E-state index is 10.2. The van der Waals surface area contributed by atoms with Crippen LogP contribution in [0.25, 0.3) is 11.0 Å². The Morgan fingerprint density at radius 3 is 1.84 bits per heavy atom. The third-order valence-corrected chi connectivity index (χ3v) is 3.07. The number of benzene rings is 2. The Balaban J connectivity index is 0.000000141. The van der Waals surface area contributed by atoms with Crippen molar-refractivity contribution in [1.29, 1.82) is 0 Å². The van der Waals surface area contributed by atoms with Crippen molar-refractivity contribution in [1.82, 2.24) is 9.97 Å². The highest BCUT2D eigenvalue weighted by Crippen LogP contribution is 2.06. The van der Waals surface area contributed by atoms with Gasteiger partial charge in [0, 0.05) is 22.7 Å². The van der Waals surface area contributed by atoms with E-state index >= 15 is 0 Å². The average Bonchev–Trinajstić information content (AvgIpc) is 2.49. The van der Waals surface area contributed by atoms with Gasteiger partial charge in [-0.3, -0.25) is 14.5 Å². The molecule has 0 aliphatic carbocycles. The minimum absolute atomic E-state index is 0.0433. The van der Waals surface area contributed by atoms with E-state index in [1.165, 1.54) is 0 Å². The Hall–Kier alpha value is -1.83. The summed E-state index contributed by atoms with van der Waals surface area (Å²) in [5.74, 6) is 0. The lowest BCUT2D eigenvalue weighted by atomic mass is 10.3.